The molecule has 0 aliphatic carbocycles. The second kappa shape index (κ2) is 12.9. The van der Waals surface area contributed by atoms with E-state index in [1.807, 2.05) is 31.2 Å². The third-order valence-electron chi connectivity index (χ3n) is 6.14. The molecule has 0 unspecified atom stereocenters. The Morgan fingerprint density at radius 1 is 1.00 bits per heavy atom. The number of hydrogen-bond acceptors (Lipinski definition) is 4. The summed E-state index contributed by atoms with van der Waals surface area (Å²) in [5, 5.41) is 2.48. The van der Waals surface area contributed by atoms with Gasteiger partial charge in [0.15, 0.2) is 0 Å². The van der Waals surface area contributed by atoms with E-state index >= 15 is 0 Å². The molecule has 0 saturated carbocycles. The van der Waals surface area contributed by atoms with Crippen molar-refractivity contribution in [2.75, 3.05) is 17.4 Å². The first kappa shape index (κ1) is 29.1. The topological polar surface area (TPSA) is 86.8 Å². The van der Waals surface area contributed by atoms with Gasteiger partial charge >= 0.3 is 0 Å². The molecule has 1 N–H and O–H groups in total. The number of aryl methyl sites for hydroxylation is 1. The van der Waals surface area contributed by atoms with Crippen molar-refractivity contribution in [1.82, 2.24) is 10.2 Å². The van der Waals surface area contributed by atoms with Crippen molar-refractivity contribution in [2.45, 2.75) is 44.7 Å². The molecule has 0 radical (unpaired) electrons. The van der Waals surface area contributed by atoms with Gasteiger partial charge in [-0.15, -0.1) is 0 Å². The first-order valence-corrected chi connectivity index (χ1v) is 14.1. The van der Waals surface area contributed by atoms with E-state index in [1.54, 1.807) is 32.0 Å². The molecule has 0 spiro atoms. The zero-order valence-corrected chi connectivity index (χ0v) is 23.1. The largest absolute Gasteiger partial charge is 0.355 e. The van der Waals surface area contributed by atoms with Crippen molar-refractivity contribution in [1.29, 1.82) is 0 Å². The standard InChI is InChI=1S/C28H31ClFN3O4S/c1-4-26(28(35)31-5-2)32(18-21-12-10-9-11-20(21)3)27(34)19-33(22-15-16-25(30)24(29)17-22)38(36,37)23-13-7-6-8-14-23/h6-17,26H,4-5,18-19H2,1-3H3,(H,31,35)/t26-/m1/s1. The van der Waals surface area contributed by atoms with Gasteiger partial charge in [-0.3, -0.25) is 13.9 Å². The zero-order valence-electron chi connectivity index (χ0n) is 21.5. The number of anilines is 1. The molecule has 0 bridgehead atoms. The summed E-state index contributed by atoms with van der Waals surface area (Å²) in [7, 11) is -4.25. The van der Waals surface area contributed by atoms with Crippen LogP contribution >= 0.6 is 11.6 Å². The Balaban J connectivity index is 2.08. The summed E-state index contributed by atoms with van der Waals surface area (Å²) in [6.45, 7) is 5.33. The predicted molar refractivity (Wildman–Crippen MR) is 147 cm³/mol. The number of carbonyl (C=O) groups is 2. The third-order valence-corrected chi connectivity index (χ3v) is 8.22. The maximum Gasteiger partial charge on any atom is 0.264 e. The number of rotatable bonds is 11. The van der Waals surface area contributed by atoms with Crippen molar-refractivity contribution < 1.29 is 22.4 Å². The van der Waals surface area contributed by atoms with Gasteiger partial charge in [0.2, 0.25) is 11.8 Å². The first-order valence-electron chi connectivity index (χ1n) is 12.2. The number of likely N-dealkylation sites (N-methyl/N-ethyl adjacent to an activating group) is 1. The molecule has 0 saturated heterocycles. The highest BCUT2D eigenvalue weighted by atomic mass is 35.5. The predicted octanol–water partition coefficient (Wildman–Crippen LogP) is 4.93. The lowest BCUT2D eigenvalue weighted by atomic mass is 10.1. The number of sulfonamides is 1. The molecule has 7 nitrogen and oxygen atoms in total. The number of nitrogens with zero attached hydrogens (tertiary/aromatic N) is 2. The van der Waals surface area contributed by atoms with Gasteiger partial charge in [-0.05, 0) is 61.7 Å². The second-order valence-electron chi connectivity index (χ2n) is 8.69. The summed E-state index contributed by atoms with van der Waals surface area (Å²) in [6, 6.07) is 17.7. The molecule has 0 aliphatic rings. The molecule has 2 amide bonds. The fourth-order valence-electron chi connectivity index (χ4n) is 4.07. The molecular formula is C28H31ClFN3O4S. The van der Waals surface area contributed by atoms with E-state index in [0.717, 1.165) is 27.6 Å². The maximum atomic E-state index is 13.9. The molecule has 0 aliphatic heterocycles. The van der Waals surface area contributed by atoms with Gasteiger partial charge in [-0.2, -0.15) is 0 Å². The van der Waals surface area contributed by atoms with Crippen LogP contribution in [0.5, 0.6) is 0 Å². The molecule has 0 fully saturated rings. The quantitative estimate of drug-likeness (QED) is 0.361. The Morgan fingerprint density at radius 2 is 1.66 bits per heavy atom. The summed E-state index contributed by atoms with van der Waals surface area (Å²) in [5.74, 6) is -1.65. The molecule has 3 aromatic carbocycles. The van der Waals surface area contributed by atoms with Crippen LogP contribution < -0.4 is 9.62 Å². The smallest absolute Gasteiger partial charge is 0.264 e. The first-order chi connectivity index (χ1) is 18.1. The normalized spacial score (nSPS) is 12.0. The van der Waals surface area contributed by atoms with Crippen LogP contribution in [0.3, 0.4) is 0 Å². The van der Waals surface area contributed by atoms with Gasteiger partial charge in [0.1, 0.15) is 18.4 Å². The Bertz CT molecular complexity index is 1390. The summed E-state index contributed by atoms with van der Waals surface area (Å²) >= 11 is 5.98. The number of hydrogen-bond donors (Lipinski definition) is 1. The number of benzene rings is 3. The summed E-state index contributed by atoms with van der Waals surface area (Å²) in [4.78, 5) is 28.2. The monoisotopic (exact) mass is 559 g/mol. The van der Waals surface area contributed by atoms with E-state index in [-0.39, 0.29) is 28.1 Å². The van der Waals surface area contributed by atoms with Crippen molar-refractivity contribution in [3.8, 4) is 0 Å². The summed E-state index contributed by atoms with van der Waals surface area (Å²) in [5.41, 5.74) is 1.77. The third kappa shape index (κ3) is 6.71. The molecule has 38 heavy (non-hydrogen) atoms. The number of nitrogens with one attached hydrogen (secondary N) is 1. The highest BCUT2D eigenvalue weighted by molar-refractivity contribution is 7.92. The number of carbonyl (C=O) groups excluding carboxylic acids is 2. The molecule has 3 aromatic rings. The summed E-state index contributed by atoms with van der Waals surface area (Å²) in [6.07, 6.45) is 0.317. The molecule has 202 valence electrons. The molecular weight excluding hydrogens is 529 g/mol. The SMILES string of the molecule is CCNC(=O)[C@@H](CC)N(Cc1ccccc1C)C(=O)CN(c1ccc(F)c(Cl)c1)S(=O)(=O)c1ccccc1. The zero-order chi connectivity index (χ0) is 27.9. The lowest BCUT2D eigenvalue weighted by Gasteiger charge is -2.33. The summed E-state index contributed by atoms with van der Waals surface area (Å²) < 4.78 is 42.3. The number of halogens is 2. The molecule has 10 heteroatoms. The highest BCUT2D eigenvalue weighted by Gasteiger charge is 2.33. The minimum atomic E-state index is -4.25. The second-order valence-corrected chi connectivity index (χ2v) is 11.0. The minimum absolute atomic E-state index is 0.0236. The van der Waals surface area contributed by atoms with Crippen LogP contribution in [-0.4, -0.2) is 44.3 Å². The van der Waals surface area contributed by atoms with Crippen LogP contribution in [0.15, 0.2) is 77.7 Å². The highest BCUT2D eigenvalue weighted by Crippen LogP contribution is 2.28. The maximum absolute atomic E-state index is 13.9. The number of amides is 2. The fourth-order valence-corrected chi connectivity index (χ4v) is 5.67. The lowest BCUT2D eigenvalue weighted by molar-refractivity contribution is -0.140. The molecule has 0 heterocycles. The van der Waals surface area contributed by atoms with Crippen molar-refractivity contribution in [3.63, 3.8) is 0 Å². The lowest BCUT2D eigenvalue weighted by Crippen LogP contribution is -2.52. The van der Waals surface area contributed by atoms with Gasteiger partial charge in [0.25, 0.3) is 10.0 Å². The van der Waals surface area contributed by atoms with Crippen molar-refractivity contribution >= 4 is 39.1 Å². The van der Waals surface area contributed by atoms with Crippen LogP contribution in [0.4, 0.5) is 10.1 Å². The van der Waals surface area contributed by atoms with E-state index in [0.29, 0.717) is 13.0 Å². The van der Waals surface area contributed by atoms with Crippen LogP contribution in [-0.2, 0) is 26.2 Å². The van der Waals surface area contributed by atoms with E-state index in [2.05, 4.69) is 5.32 Å². The Kier molecular flexibility index (Phi) is 9.88. The molecule has 3 rings (SSSR count). The molecule has 0 aromatic heterocycles. The molecule has 1 atom stereocenters. The van der Waals surface area contributed by atoms with E-state index in [9.17, 15) is 22.4 Å². The average Bonchev–Trinajstić information content (AvgIpc) is 2.90. The minimum Gasteiger partial charge on any atom is -0.355 e. The van der Waals surface area contributed by atoms with Gasteiger partial charge in [-0.25, -0.2) is 12.8 Å². The Hall–Kier alpha value is -3.43. The van der Waals surface area contributed by atoms with Gasteiger partial charge in [-0.1, -0.05) is 61.0 Å². The van der Waals surface area contributed by atoms with Gasteiger partial charge < -0.3 is 10.2 Å². The van der Waals surface area contributed by atoms with Crippen molar-refractivity contribution in [3.05, 3.63) is 94.8 Å². The van der Waals surface area contributed by atoms with Gasteiger partial charge in [0.05, 0.1) is 15.6 Å². The Morgan fingerprint density at radius 3 is 2.26 bits per heavy atom. The average molecular weight is 560 g/mol. The Labute approximate surface area is 228 Å². The van der Waals surface area contributed by atoms with Crippen LogP contribution in [0, 0.1) is 12.7 Å². The van der Waals surface area contributed by atoms with E-state index in [1.165, 1.54) is 23.1 Å². The van der Waals surface area contributed by atoms with Crippen LogP contribution in [0.25, 0.3) is 0 Å². The fraction of sp³-hybridized carbons (Fsp3) is 0.286. The van der Waals surface area contributed by atoms with Crippen LogP contribution in [0.1, 0.15) is 31.4 Å². The van der Waals surface area contributed by atoms with E-state index in [4.69, 9.17) is 11.6 Å². The van der Waals surface area contributed by atoms with Crippen LogP contribution in [0.2, 0.25) is 5.02 Å². The van der Waals surface area contributed by atoms with Crippen molar-refractivity contribution in [2.24, 2.45) is 0 Å². The van der Waals surface area contributed by atoms with Gasteiger partial charge in [0, 0.05) is 13.1 Å². The van der Waals surface area contributed by atoms with E-state index < -0.39 is 34.3 Å².